The van der Waals surface area contributed by atoms with Crippen LogP contribution in [-0.4, -0.2) is 33.3 Å². The zero-order valence-electron chi connectivity index (χ0n) is 20.7. The summed E-state index contributed by atoms with van der Waals surface area (Å²) < 4.78 is 6.16. The second kappa shape index (κ2) is 11.8. The van der Waals surface area contributed by atoms with E-state index in [4.69, 9.17) is 4.74 Å². The molecule has 1 aromatic heterocycles. The molecule has 0 spiro atoms. The van der Waals surface area contributed by atoms with Gasteiger partial charge in [0.1, 0.15) is 5.75 Å². The van der Waals surface area contributed by atoms with Crippen LogP contribution < -0.4 is 15.4 Å². The van der Waals surface area contributed by atoms with Gasteiger partial charge in [-0.1, -0.05) is 61.0 Å². The number of nitrogens with zero attached hydrogens (tertiary/aromatic N) is 3. The number of urea groups is 1. The van der Waals surface area contributed by atoms with Crippen molar-refractivity contribution < 1.29 is 9.53 Å². The van der Waals surface area contributed by atoms with E-state index in [1.165, 1.54) is 0 Å². The average Bonchev–Trinajstić information content (AvgIpc) is 3.43. The Hall–Kier alpha value is -4.46. The molecule has 1 heterocycles. The van der Waals surface area contributed by atoms with Crippen molar-refractivity contribution in [3.8, 4) is 28.3 Å². The molecule has 3 N–H and O–H groups in total. The van der Waals surface area contributed by atoms with Gasteiger partial charge in [-0.2, -0.15) is 0 Å². The number of amides is 2. The van der Waals surface area contributed by atoms with E-state index in [9.17, 15) is 4.79 Å². The summed E-state index contributed by atoms with van der Waals surface area (Å²) in [5.41, 5.74) is 6.10. The molecule has 0 saturated heterocycles. The third-order valence-electron chi connectivity index (χ3n) is 5.59. The molecule has 0 aliphatic rings. The fraction of sp³-hybridized carbons (Fsp3) is 0.214. The van der Waals surface area contributed by atoms with Crippen LogP contribution in [0.25, 0.3) is 22.5 Å². The molecule has 3 aromatic carbocycles. The van der Waals surface area contributed by atoms with Crippen LogP contribution >= 0.6 is 0 Å². The highest BCUT2D eigenvalue weighted by Crippen LogP contribution is 2.38. The summed E-state index contributed by atoms with van der Waals surface area (Å²) in [6.45, 7) is 6.58. The maximum absolute atomic E-state index is 13.0. The van der Waals surface area contributed by atoms with Crippen molar-refractivity contribution in [3.63, 3.8) is 0 Å². The van der Waals surface area contributed by atoms with E-state index in [0.29, 0.717) is 36.0 Å². The summed E-state index contributed by atoms with van der Waals surface area (Å²) in [5, 5.41) is 20.3. The minimum atomic E-state index is -0.345. The van der Waals surface area contributed by atoms with E-state index >= 15 is 0 Å². The van der Waals surface area contributed by atoms with Gasteiger partial charge in [0.05, 0.1) is 12.3 Å². The Morgan fingerprint density at radius 1 is 1.06 bits per heavy atom. The first-order chi connectivity index (χ1) is 17.6. The summed E-state index contributed by atoms with van der Waals surface area (Å²) in [5.74, 6) is 1.23. The fourth-order valence-corrected chi connectivity index (χ4v) is 3.84. The lowest BCUT2D eigenvalue weighted by molar-refractivity contribution is 0.262. The van der Waals surface area contributed by atoms with E-state index in [1.54, 1.807) is 0 Å². The molecule has 4 rings (SSSR count). The lowest BCUT2D eigenvalue weighted by Gasteiger charge is -2.19. The number of aromatic amines is 1. The lowest BCUT2D eigenvalue weighted by atomic mass is 9.95. The van der Waals surface area contributed by atoms with Gasteiger partial charge in [-0.05, 0) is 72.5 Å². The van der Waals surface area contributed by atoms with Gasteiger partial charge in [0.15, 0.2) is 5.82 Å². The Morgan fingerprint density at radius 3 is 2.53 bits per heavy atom. The van der Waals surface area contributed by atoms with Crippen LogP contribution in [0.4, 0.5) is 16.2 Å². The molecule has 0 fully saturated rings. The molecule has 0 unspecified atom stereocenters. The largest absolute Gasteiger partial charge is 0.491 e. The molecule has 0 saturated carbocycles. The molecule has 8 nitrogen and oxygen atoms in total. The third kappa shape index (κ3) is 5.96. The van der Waals surface area contributed by atoms with Crippen LogP contribution in [0.1, 0.15) is 31.4 Å². The predicted octanol–water partition coefficient (Wildman–Crippen LogP) is 6.39. The van der Waals surface area contributed by atoms with Crippen molar-refractivity contribution in [2.24, 2.45) is 0 Å². The summed E-state index contributed by atoms with van der Waals surface area (Å²) in [6.07, 6.45) is 5.58. The zero-order valence-corrected chi connectivity index (χ0v) is 20.7. The first kappa shape index (κ1) is 24.7. The van der Waals surface area contributed by atoms with E-state index in [0.717, 1.165) is 34.2 Å². The summed E-state index contributed by atoms with van der Waals surface area (Å²) in [7, 11) is 0. The molecule has 0 atom stereocenters. The predicted molar refractivity (Wildman–Crippen MR) is 143 cm³/mol. The second-order valence-electron chi connectivity index (χ2n) is 8.37. The maximum atomic E-state index is 13.0. The van der Waals surface area contributed by atoms with Gasteiger partial charge in [0.25, 0.3) is 0 Å². The summed E-state index contributed by atoms with van der Waals surface area (Å²) in [6, 6.07) is 19.2. The Kier molecular flexibility index (Phi) is 8.08. The minimum absolute atomic E-state index is 0.345. The topological polar surface area (TPSA) is 105 Å². The van der Waals surface area contributed by atoms with Gasteiger partial charge in [-0.25, -0.2) is 9.89 Å². The highest BCUT2D eigenvalue weighted by molar-refractivity contribution is 6.01. The van der Waals surface area contributed by atoms with Gasteiger partial charge in [-0.3, -0.25) is 0 Å². The Labute approximate surface area is 210 Å². The number of hydrogen-bond donors (Lipinski definition) is 3. The molecular formula is C28H30N6O2. The van der Waals surface area contributed by atoms with E-state index in [-0.39, 0.29) is 6.03 Å². The van der Waals surface area contributed by atoms with Gasteiger partial charge in [-0.15, -0.1) is 5.10 Å². The molecule has 0 aliphatic heterocycles. The van der Waals surface area contributed by atoms with Crippen molar-refractivity contribution in [2.45, 2.75) is 33.6 Å². The van der Waals surface area contributed by atoms with Crippen LogP contribution in [0.3, 0.4) is 0 Å². The number of allylic oxidation sites excluding steroid dienone is 2. The van der Waals surface area contributed by atoms with Crippen LogP contribution in [0.5, 0.6) is 5.75 Å². The van der Waals surface area contributed by atoms with Gasteiger partial charge >= 0.3 is 6.03 Å². The normalized spacial score (nSPS) is 11.0. The number of aromatic nitrogens is 4. The second-order valence-corrected chi connectivity index (χ2v) is 8.37. The van der Waals surface area contributed by atoms with Crippen molar-refractivity contribution >= 4 is 17.4 Å². The highest BCUT2D eigenvalue weighted by Gasteiger charge is 2.18. The summed E-state index contributed by atoms with van der Waals surface area (Å²) in [4.78, 5) is 13.0. The smallest absolute Gasteiger partial charge is 0.323 e. The average molecular weight is 483 g/mol. The highest BCUT2D eigenvalue weighted by atomic mass is 16.5. The Balaban J connectivity index is 1.77. The number of H-pyrrole nitrogens is 1. The molecule has 8 heteroatoms. The minimum Gasteiger partial charge on any atom is -0.491 e. The summed E-state index contributed by atoms with van der Waals surface area (Å²) >= 11 is 0. The molecule has 0 radical (unpaired) electrons. The Morgan fingerprint density at radius 2 is 1.83 bits per heavy atom. The van der Waals surface area contributed by atoms with Crippen LogP contribution in [0.15, 0.2) is 72.8 Å². The Bertz CT molecular complexity index is 1330. The number of hydrogen-bond acceptors (Lipinski definition) is 5. The SMILES string of the molecule is C/C=C/Cc1cc(-c2ccccc2-c2nnn[nH]2)cc(NC(=O)Nc2ccc(C)cc2)c1OCCC. The number of aryl methyl sites for hydroxylation is 1. The van der Waals surface area contributed by atoms with Gasteiger partial charge < -0.3 is 15.4 Å². The van der Waals surface area contributed by atoms with Crippen LogP contribution in [0, 0.1) is 6.92 Å². The van der Waals surface area contributed by atoms with E-state index < -0.39 is 0 Å². The molecule has 0 bridgehead atoms. The molecule has 0 aliphatic carbocycles. The monoisotopic (exact) mass is 482 g/mol. The van der Waals surface area contributed by atoms with Crippen LogP contribution in [0.2, 0.25) is 0 Å². The third-order valence-corrected chi connectivity index (χ3v) is 5.59. The number of carbonyl (C=O) groups is 1. The number of tetrazole rings is 1. The molecule has 2 amide bonds. The van der Waals surface area contributed by atoms with Crippen molar-refractivity contribution in [1.29, 1.82) is 0 Å². The van der Waals surface area contributed by atoms with E-state index in [1.807, 2.05) is 74.5 Å². The standard InChI is InChI=1S/C28H30N6O2/c1-4-6-9-20-17-21(23-10-7-8-11-24(23)27-31-33-34-32-27)18-25(26(20)36-16-5-2)30-28(35)29-22-14-12-19(3)13-15-22/h4,6-8,10-15,17-18H,5,9,16H2,1-3H3,(H2,29,30,35)(H,31,32,33,34)/b6-4+. The number of benzene rings is 3. The molecular weight excluding hydrogens is 452 g/mol. The first-order valence-electron chi connectivity index (χ1n) is 12.0. The first-order valence-corrected chi connectivity index (χ1v) is 12.0. The van der Waals surface area contributed by atoms with Crippen molar-refractivity contribution in [3.05, 3.63) is 83.9 Å². The van der Waals surface area contributed by atoms with Gasteiger partial charge in [0, 0.05) is 16.8 Å². The van der Waals surface area contributed by atoms with Gasteiger partial charge in [0.2, 0.25) is 0 Å². The number of nitrogens with one attached hydrogen (secondary N) is 3. The maximum Gasteiger partial charge on any atom is 0.323 e. The van der Waals surface area contributed by atoms with Crippen molar-refractivity contribution in [1.82, 2.24) is 20.6 Å². The number of rotatable bonds is 9. The number of anilines is 2. The van der Waals surface area contributed by atoms with E-state index in [2.05, 4.69) is 50.3 Å². The van der Waals surface area contributed by atoms with Crippen molar-refractivity contribution in [2.75, 3.05) is 17.2 Å². The number of ether oxygens (including phenoxy) is 1. The fourth-order valence-electron chi connectivity index (χ4n) is 3.84. The quantitative estimate of drug-likeness (QED) is 0.240. The lowest BCUT2D eigenvalue weighted by Crippen LogP contribution is -2.20. The zero-order chi connectivity index (χ0) is 25.3. The molecule has 36 heavy (non-hydrogen) atoms. The molecule has 4 aromatic rings. The molecule has 184 valence electrons. The van der Waals surface area contributed by atoms with Crippen LogP contribution in [-0.2, 0) is 6.42 Å². The number of carbonyl (C=O) groups excluding carboxylic acids is 1.